The van der Waals surface area contributed by atoms with Crippen molar-refractivity contribution in [1.82, 2.24) is 4.72 Å². The van der Waals surface area contributed by atoms with Crippen molar-refractivity contribution in [2.45, 2.75) is 0 Å². The lowest BCUT2D eigenvalue weighted by Gasteiger charge is -2.08. The Hall–Kier alpha value is -1.80. The van der Waals surface area contributed by atoms with Crippen LogP contribution in [0, 0.1) is 0 Å². The molecule has 7 nitrogen and oxygen atoms in total. The van der Waals surface area contributed by atoms with E-state index in [1.165, 1.54) is 19.2 Å². The highest BCUT2D eigenvalue weighted by Gasteiger charge is 2.09. The molecule has 0 unspecified atom stereocenters. The Morgan fingerprint density at radius 3 is 2.67 bits per heavy atom. The summed E-state index contributed by atoms with van der Waals surface area (Å²) >= 11 is 0. The van der Waals surface area contributed by atoms with Crippen LogP contribution in [0.5, 0.6) is 0 Å². The third-order valence-corrected chi connectivity index (χ3v) is 3.66. The summed E-state index contributed by atoms with van der Waals surface area (Å²) in [5, 5.41) is 11.7. The van der Waals surface area contributed by atoms with Crippen LogP contribution in [-0.4, -0.2) is 38.8 Å². The fraction of sp³-hybridized carbons (Fsp3) is 0.300. The topological polar surface area (TPSA) is 122 Å². The van der Waals surface area contributed by atoms with Crippen LogP contribution in [-0.2, 0) is 10.0 Å². The van der Waals surface area contributed by atoms with Crippen molar-refractivity contribution in [3.63, 3.8) is 0 Å². The van der Waals surface area contributed by atoms with Gasteiger partial charge in [0.25, 0.3) is 0 Å². The van der Waals surface area contributed by atoms with Crippen LogP contribution >= 0.6 is 0 Å². The molecule has 0 fully saturated rings. The second-order valence-corrected chi connectivity index (χ2v) is 5.60. The number of nitrogens with one attached hydrogen (secondary N) is 2. The lowest BCUT2D eigenvalue weighted by atomic mass is 10.1. The summed E-state index contributed by atoms with van der Waals surface area (Å²) in [6, 6.07) is 4.41. The van der Waals surface area contributed by atoms with Crippen LogP contribution in [0.25, 0.3) is 0 Å². The van der Waals surface area contributed by atoms with Gasteiger partial charge in [0.2, 0.25) is 10.0 Å². The van der Waals surface area contributed by atoms with Gasteiger partial charge in [0.1, 0.15) is 0 Å². The van der Waals surface area contributed by atoms with E-state index >= 15 is 0 Å². The molecule has 0 saturated heterocycles. The van der Waals surface area contributed by atoms with E-state index in [-0.39, 0.29) is 23.5 Å². The minimum atomic E-state index is -3.28. The average Bonchev–Trinajstić information content (AvgIpc) is 2.31. The van der Waals surface area contributed by atoms with Crippen molar-refractivity contribution in [2.24, 2.45) is 0 Å². The minimum Gasteiger partial charge on any atom is -0.478 e. The largest absolute Gasteiger partial charge is 0.478 e. The second kappa shape index (κ2) is 5.69. The molecule has 18 heavy (non-hydrogen) atoms. The van der Waals surface area contributed by atoms with Gasteiger partial charge in [0, 0.05) is 17.9 Å². The molecule has 0 aliphatic heterocycles. The average molecular weight is 273 g/mol. The van der Waals surface area contributed by atoms with E-state index in [4.69, 9.17) is 10.8 Å². The smallest absolute Gasteiger partial charge is 0.337 e. The Morgan fingerprint density at radius 2 is 2.11 bits per heavy atom. The zero-order chi connectivity index (χ0) is 13.8. The molecule has 0 spiro atoms. The number of rotatable bonds is 6. The molecule has 0 heterocycles. The molecule has 8 heteroatoms. The monoisotopic (exact) mass is 273 g/mol. The van der Waals surface area contributed by atoms with Gasteiger partial charge in [0.05, 0.1) is 11.3 Å². The first-order chi connectivity index (χ1) is 8.35. The maximum Gasteiger partial charge on any atom is 0.337 e. The minimum absolute atomic E-state index is 0.0172. The number of nitrogen functional groups attached to an aromatic ring is 1. The van der Waals surface area contributed by atoms with Gasteiger partial charge in [-0.1, -0.05) is 0 Å². The van der Waals surface area contributed by atoms with Crippen molar-refractivity contribution in [3.05, 3.63) is 23.8 Å². The fourth-order valence-electron chi connectivity index (χ4n) is 1.28. The van der Waals surface area contributed by atoms with Crippen molar-refractivity contribution in [3.8, 4) is 0 Å². The molecule has 0 aliphatic carbocycles. The molecule has 1 rings (SSSR count). The number of carboxylic acids is 1. The molecule has 5 N–H and O–H groups in total. The Balaban J connectivity index is 2.69. The summed E-state index contributed by atoms with van der Waals surface area (Å²) in [7, 11) is -1.94. The number of aromatic carboxylic acids is 1. The highest BCUT2D eigenvalue weighted by molar-refractivity contribution is 7.89. The predicted molar refractivity (Wildman–Crippen MR) is 69.1 cm³/mol. The molecule has 0 bridgehead atoms. The van der Waals surface area contributed by atoms with E-state index in [1.54, 1.807) is 6.07 Å². The molecule has 1 aromatic rings. The van der Waals surface area contributed by atoms with Gasteiger partial charge in [-0.15, -0.1) is 0 Å². The number of hydrogen-bond acceptors (Lipinski definition) is 5. The summed E-state index contributed by atoms with van der Waals surface area (Å²) in [6.07, 6.45) is 0. The molecule has 0 aromatic heterocycles. The van der Waals surface area contributed by atoms with Crippen LogP contribution in [0.4, 0.5) is 11.4 Å². The van der Waals surface area contributed by atoms with Gasteiger partial charge >= 0.3 is 5.97 Å². The Labute approximate surface area is 105 Å². The molecule has 0 radical (unpaired) electrons. The number of hydrogen-bond donors (Lipinski definition) is 4. The number of benzene rings is 1. The highest BCUT2D eigenvalue weighted by Crippen LogP contribution is 2.17. The SMILES string of the molecule is CNS(=O)(=O)CCNc1ccc(N)c(C(=O)O)c1. The summed E-state index contributed by atoms with van der Waals surface area (Å²) in [5.74, 6) is -1.23. The van der Waals surface area contributed by atoms with Gasteiger partial charge in [-0.05, 0) is 25.2 Å². The Bertz CT molecular complexity index is 542. The third kappa shape index (κ3) is 3.90. The molecule has 0 saturated carbocycles. The zero-order valence-electron chi connectivity index (χ0n) is 9.80. The maximum absolute atomic E-state index is 11.2. The highest BCUT2D eigenvalue weighted by atomic mass is 32.2. The Morgan fingerprint density at radius 1 is 1.44 bits per heavy atom. The summed E-state index contributed by atoms with van der Waals surface area (Å²) in [5.41, 5.74) is 6.15. The molecule has 100 valence electrons. The van der Waals surface area contributed by atoms with Crippen LogP contribution < -0.4 is 15.8 Å². The molecule has 1 aromatic carbocycles. The second-order valence-electron chi connectivity index (χ2n) is 3.56. The zero-order valence-corrected chi connectivity index (χ0v) is 10.6. The van der Waals surface area contributed by atoms with Crippen molar-refractivity contribution < 1.29 is 18.3 Å². The van der Waals surface area contributed by atoms with E-state index < -0.39 is 16.0 Å². The first kappa shape index (κ1) is 14.3. The lowest BCUT2D eigenvalue weighted by molar-refractivity contribution is 0.0698. The normalized spacial score (nSPS) is 11.2. The van der Waals surface area contributed by atoms with E-state index in [0.29, 0.717) is 5.69 Å². The van der Waals surface area contributed by atoms with Crippen LogP contribution in [0.15, 0.2) is 18.2 Å². The molecular weight excluding hydrogens is 258 g/mol. The van der Waals surface area contributed by atoms with Crippen molar-refractivity contribution in [2.75, 3.05) is 30.4 Å². The van der Waals surface area contributed by atoms with Crippen LogP contribution in [0.3, 0.4) is 0 Å². The van der Waals surface area contributed by atoms with Gasteiger partial charge in [0.15, 0.2) is 0 Å². The first-order valence-electron chi connectivity index (χ1n) is 5.13. The quantitative estimate of drug-likeness (QED) is 0.538. The van der Waals surface area contributed by atoms with Gasteiger partial charge in [-0.3, -0.25) is 0 Å². The van der Waals surface area contributed by atoms with Crippen LogP contribution in [0.2, 0.25) is 0 Å². The predicted octanol–water partition coefficient (Wildman–Crippen LogP) is -0.0719. The molecule has 0 amide bonds. The number of sulfonamides is 1. The standard InChI is InChI=1S/C10H15N3O4S/c1-12-18(16,17)5-4-13-7-2-3-9(11)8(6-7)10(14)15/h2-3,6,12-13H,4-5,11H2,1H3,(H,14,15). The summed E-state index contributed by atoms with van der Waals surface area (Å²) < 4.78 is 24.5. The number of carbonyl (C=O) groups is 1. The van der Waals surface area contributed by atoms with Gasteiger partial charge in [-0.2, -0.15) is 0 Å². The van der Waals surface area contributed by atoms with Gasteiger partial charge < -0.3 is 16.2 Å². The summed E-state index contributed by atoms with van der Waals surface area (Å²) in [4.78, 5) is 10.8. The third-order valence-electron chi connectivity index (χ3n) is 2.29. The molecule has 0 atom stereocenters. The number of carboxylic acid groups (broad SMARTS) is 1. The lowest BCUT2D eigenvalue weighted by Crippen LogP contribution is -2.26. The van der Waals surface area contributed by atoms with Crippen molar-refractivity contribution >= 4 is 27.4 Å². The van der Waals surface area contributed by atoms with Crippen molar-refractivity contribution in [1.29, 1.82) is 0 Å². The number of anilines is 2. The Kier molecular flexibility index (Phi) is 4.51. The van der Waals surface area contributed by atoms with E-state index in [0.717, 1.165) is 0 Å². The summed E-state index contributed by atoms with van der Waals surface area (Å²) in [6.45, 7) is 0.173. The fourth-order valence-corrected chi connectivity index (χ4v) is 1.86. The van der Waals surface area contributed by atoms with E-state index in [1.807, 2.05) is 0 Å². The van der Waals surface area contributed by atoms with Crippen LogP contribution in [0.1, 0.15) is 10.4 Å². The van der Waals surface area contributed by atoms with E-state index in [2.05, 4.69) is 10.0 Å². The van der Waals surface area contributed by atoms with E-state index in [9.17, 15) is 13.2 Å². The molecule has 0 aliphatic rings. The first-order valence-corrected chi connectivity index (χ1v) is 6.79. The van der Waals surface area contributed by atoms with Gasteiger partial charge in [-0.25, -0.2) is 17.9 Å². The maximum atomic E-state index is 11.2. The molecular formula is C10H15N3O4S. The number of nitrogens with two attached hydrogens (primary N) is 1.